The summed E-state index contributed by atoms with van der Waals surface area (Å²) in [4.78, 5) is 0. The van der Waals surface area contributed by atoms with Crippen LogP contribution in [0.15, 0.2) is 0 Å². The minimum atomic E-state index is -0.142. The minimum absolute atomic E-state index is 0.0980. The van der Waals surface area contributed by atoms with Crippen molar-refractivity contribution in [3.05, 3.63) is 15.6 Å². The third-order valence-electron chi connectivity index (χ3n) is 2.63. The number of methoxy groups -OCH3 is 1. The van der Waals surface area contributed by atoms with Crippen LogP contribution in [0.5, 0.6) is 17.2 Å². The molecule has 1 aromatic carbocycles. The van der Waals surface area contributed by atoms with Gasteiger partial charge in [0, 0.05) is 5.56 Å². The highest BCUT2D eigenvalue weighted by Crippen LogP contribution is 2.50. The third kappa shape index (κ3) is 1.68. The summed E-state index contributed by atoms with van der Waals surface area (Å²) < 4.78 is 10.7. The van der Waals surface area contributed by atoms with Crippen LogP contribution in [0.25, 0.3) is 0 Å². The topological polar surface area (TPSA) is 38.7 Å². The predicted octanol–water partition coefficient (Wildman–Crippen LogP) is 3.28. The second-order valence-corrected chi connectivity index (χ2v) is 4.69. The third-order valence-corrected chi connectivity index (χ3v) is 3.39. The summed E-state index contributed by atoms with van der Waals surface area (Å²) in [5, 5.41) is 10.1. The molecule has 0 fully saturated rings. The predicted molar refractivity (Wildman–Crippen MR) is 63.0 cm³/mol. The van der Waals surface area contributed by atoms with Gasteiger partial charge in [0.1, 0.15) is 5.02 Å². The van der Waals surface area contributed by atoms with Crippen molar-refractivity contribution in [1.82, 2.24) is 0 Å². The molecule has 0 unspecified atom stereocenters. The summed E-state index contributed by atoms with van der Waals surface area (Å²) in [7, 11) is 1.48. The molecule has 2 rings (SSSR count). The largest absolute Gasteiger partial charge is 0.505 e. The summed E-state index contributed by atoms with van der Waals surface area (Å²) in [5.74, 6) is 1.12. The number of hydrogen-bond donors (Lipinski definition) is 1. The molecule has 5 heteroatoms. The molecule has 0 spiro atoms. The summed E-state index contributed by atoms with van der Waals surface area (Å²) in [6.45, 7) is 2.65. The Morgan fingerprint density at radius 3 is 2.69 bits per heavy atom. The first kappa shape index (κ1) is 11.7. The highest BCUT2D eigenvalue weighted by molar-refractivity contribution is 6.39. The van der Waals surface area contributed by atoms with Gasteiger partial charge in [0.05, 0.1) is 18.7 Å². The number of fused-ring (bicyclic) bond motifs is 1. The van der Waals surface area contributed by atoms with Gasteiger partial charge in [-0.05, 0) is 12.3 Å². The summed E-state index contributed by atoms with van der Waals surface area (Å²) >= 11 is 12.0. The summed E-state index contributed by atoms with van der Waals surface area (Å²) in [6, 6.07) is 0. The van der Waals surface area contributed by atoms with Crippen LogP contribution >= 0.6 is 23.2 Å². The average Bonchev–Trinajstić information content (AvgIpc) is 2.28. The van der Waals surface area contributed by atoms with Crippen LogP contribution in [-0.2, 0) is 6.42 Å². The quantitative estimate of drug-likeness (QED) is 0.845. The van der Waals surface area contributed by atoms with Crippen molar-refractivity contribution in [2.45, 2.75) is 13.3 Å². The molecule has 1 atom stereocenters. The monoisotopic (exact) mass is 262 g/mol. The highest BCUT2D eigenvalue weighted by atomic mass is 35.5. The first-order chi connectivity index (χ1) is 7.56. The maximum atomic E-state index is 9.76. The molecule has 1 aliphatic heterocycles. The van der Waals surface area contributed by atoms with Gasteiger partial charge in [0.25, 0.3) is 0 Å². The normalized spacial score (nSPS) is 18.9. The van der Waals surface area contributed by atoms with Crippen LogP contribution < -0.4 is 9.47 Å². The van der Waals surface area contributed by atoms with E-state index in [2.05, 4.69) is 6.92 Å². The fourth-order valence-electron chi connectivity index (χ4n) is 1.83. The molecule has 0 saturated heterocycles. The van der Waals surface area contributed by atoms with E-state index in [1.807, 2.05) is 0 Å². The molecular weight excluding hydrogens is 251 g/mol. The molecule has 1 aliphatic rings. The molecule has 0 bridgehead atoms. The smallest absolute Gasteiger partial charge is 0.183 e. The first-order valence-electron chi connectivity index (χ1n) is 4.95. The van der Waals surface area contributed by atoms with Gasteiger partial charge in [-0.3, -0.25) is 0 Å². The zero-order chi connectivity index (χ0) is 11.9. The van der Waals surface area contributed by atoms with E-state index in [1.54, 1.807) is 0 Å². The number of halogens is 2. The first-order valence-corrected chi connectivity index (χ1v) is 5.71. The van der Waals surface area contributed by atoms with Crippen molar-refractivity contribution in [3.8, 4) is 17.2 Å². The van der Waals surface area contributed by atoms with Crippen LogP contribution in [-0.4, -0.2) is 18.8 Å². The minimum Gasteiger partial charge on any atom is -0.505 e. The maximum absolute atomic E-state index is 9.76. The van der Waals surface area contributed by atoms with Gasteiger partial charge < -0.3 is 14.6 Å². The van der Waals surface area contributed by atoms with E-state index >= 15 is 0 Å². The molecule has 88 valence electrons. The van der Waals surface area contributed by atoms with Crippen molar-refractivity contribution in [2.24, 2.45) is 5.92 Å². The van der Waals surface area contributed by atoms with E-state index in [1.165, 1.54) is 7.11 Å². The maximum Gasteiger partial charge on any atom is 0.183 e. The number of aromatic hydroxyl groups is 1. The van der Waals surface area contributed by atoms with Gasteiger partial charge in [-0.1, -0.05) is 30.1 Å². The highest BCUT2D eigenvalue weighted by Gasteiger charge is 2.28. The van der Waals surface area contributed by atoms with E-state index in [0.29, 0.717) is 24.0 Å². The van der Waals surface area contributed by atoms with Crippen molar-refractivity contribution in [3.63, 3.8) is 0 Å². The summed E-state index contributed by atoms with van der Waals surface area (Å²) in [6.07, 6.45) is 0.745. The Morgan fingerprint density at radius 1 is 1.38 bits per heavy atom. The second kappa shape index (κ2) is 4.22. The fraction of sp³-hybridized carbons (Fsp3) is 0.455. The van der Waals surface area contributed by atoms with E-state index in [0.717, 1.165) is 12.0 Å². The molecular formula is C11H12Cl2O3. The Bertz CT molecular complexity index is 432. The molecule has 0 radical (unpaired) electrons. The number of benzene rings is 1. The average molecular weight is 263 g/mol. The zero-order valence-corrected chi connectivity index (χ0v) is 10.5. The molecule has 0 amide bonds. The SMILES string of the molecule is COc1c(Cl)c(O)c(Cl)c2c1OC[C@H](C)C2. The lowest BCUT2D eigenvalue weighted by Crippen LogP contribution is -2.19. The Balaban J connectivity index is 2.66. The van der Waals surface area contributed by atoms with Crippen molar-refractivity contribution in [1.29, 1.82) is 0 Å². The Kier molecular flexibility index (Phi) is 3.08. The molecule has 1 aromatic rings. The lowest BCUT2D eigenvalue weighted by Gasteiger charge is -2.26. The number of hydrogen-bond acceptors (Lipinski definition) is 3. The van der Waals surface area contributed by atoms with Crippen molar-refractivity contribution >= 4 is 23.2 Å². The fourth-order valence-corrected chi connectivity index (χ4v) is 2.40. The van der Waals surface area contributed by atoms with E-state index < -0.39 is 0 Å². The standard InChI is InChI=1S/C11H12Cl2O3/c1-5-3-6-7(12)9(14)8(13)11(15-2)10(6)16-4-5/h5,14H,3-4H2,1-2H3/t5-/m1/s1. The molecule has 1 N–H and O–H groups in total. The molecule has 0 saturated carbocycles. The van der Waals surface area contributed by atoms with Crippen LogP contribution in [0.4, 0.5) is 0 Å². The van der Waals surface area contributed by atoms with Crippen LogP contribution in [0.1, 0.15) is 12.5 Å². The van der Waals surface area contributed by atoms with Gasteiger partial charge in [-0.25, -0.2) is 0 Å². The van der Waals surface area contributed by atoms with Gasteiger partial charge in [0.2, 0.25) is 0 Å². The molecule has 0 aromatic heterocycles. The van der Waals surface area contributed by atoms with Gasteiger partial charge in [0.15, 0.2) is 17.2 Å². The van der Waals surface area contributed by atoms with Crippen LogP contribution in [0.3, 0.4) is 0 Å². The van der Waals surface area contributed by atoms with E-state index in [-0.39, 0.29) is 15.8 Å². The second-order valence-electron chi connectivity index (χ2n) is 3.94. The van der Waals surface area contributed by atoms with Gasteiger partial charge in [-0.2, -0.15) is 0 Å². The van der Waals surface area contributed by atoms with Gasteiger partial charge in [-0.15, -0.1) is 0 Å². The van der Waals surface area contributed by atoms with E-state index in [9.17, 15) is 5.11 Å². The Labute approximate surface area is 104 Å². The molecule has 16 heavy (non-hydrogen) atoms. The number of phenolic OH excluding ortho intramolecular Hbond substituents is 1. The van der Waals surface area contributed by atoms with Crippen LogP contribution in [0, 0.1) is 5.92 Å². The zero-order valence-electron chi connectivity index (χ0n) is 9.01. The molecule has 1 heterocycles. The van der Waals surface area contributed by atoms with Gasteiger partial charge >= 0.3 is 0 Å². The number of ether oxygens (including phenoxy) is 2. The van der Waals surface area contributed by atoms with Crippen molar-refractivity contribution in [2.75, 3.05) is 13.7 Å². The lowest BCUT2D eigenvalue weighted by molar-refractivity contribution is 0.221. The number of rotatable bonds is 1. The van der Waals surface area contributed by atoms with E-state index in [4.69, 9.17) is 32.7 Å². The van der Waals surface area contributed by atoms with Crippen molar-refractivity contribution < 1.29 is 14.6 Å². The number of phenols is 1. The lowest BCUT2D eigenvalue weighted by atomic mass is 9.97. The Morgan fingerprint density at radius 2 is 2.06 bits per heavy atom. The molecule has 0 aliphatic carbocycles. The van der Waals surface area contributed by atoms with Crippen LogP contribution in [0.2, 0.25) is 10.0 Å². The summed E-state index contributed by atoms with van der Waals surface area (Å²) in [5.41, 5.74) is 0.763. The molecule has 3 nitrogen and oxygen atoms in total. The Hall–Kier alpha value is -0.800.